The van der Waals surface area contributed by atoms with Gasteiger partial charge in [-0.3, -0.25) is 0 Å². The van der Waals surface area contributed by atoms with Crippen LogP contribution in [-0.4, -0.2) is 11.4 Å². The Bertz CT molecular complexity index is 441. The Kier molecular flexibility index (Phi) is 2.23. The molecule has 2 aromatic rings. The molecule has 1 aromatic heterocycles. The van der Waals surface area contributed by atoms with Crippen LogP contribution in [0.5, 0.6) is 0 Å². The third-order valence-corrected chi connectivity index (χ3v) is 2.56. The third-order valence-electron chi connectivity index (χ3n) is 2.56. The molecule has 0 aliphatic carbocycles. The molecule has 0 amide bonds. The van der Waals surface area contributed by atoms with E-state index < -0.39 is 12.0 Å². The second kappa shape index (κ2) is 3.31. The first-order valence-corrected chi connectivity index (χ1v) is 4.67. The molecular formula is C11H12F2N2. The average molecular weight is 210 g/mol. The van der Waals surface area contributed by atoms with Gasteiger partial charge in [0.15, 0.2) is 0 Å². The Morgan fingerprint density at radius 3 is 2.60 bits per heavy atom. The number of nitrogens with one attached hydrogen (secondary N) is 1. The predicted molar refractivity (Wildman–Crippen MR) is 55.8 cm³/mol. The molecular weight excluding hydrogens is 198 g/mol. The summed E-state index contributed by atoms with van der Waals surface area (Å²) in [6.07, 6.45) is -2.59. The van der Waals surface area contributed by atoms with Crippen molar-refractivity contribution in [2.75, 3.05) is 0 Å². The van der Waals surface area contributed by atoms with Crippen LogP contribution in [0, 0.1) is 0 Å². The van der Waals surface area contributed by atoms with E-state index in [1.165, 1.54) is 6.92 Å². The quantitative estimate of drug-likeness (QED) is 0.786. The predicted octanol–water partition coefficient (Wildman–Crippen LogP) is 2.61. The van der Waals surface area contributed by atoms with E-state index in [1.54, 1.807) is 6.07 Å². The molecule has 0 spiro atoms. The molecule has 4 heteroatoms. The standard InChI is InChI=1S/C11H12F2N2/c1-11(14,10(12)13)9-6-7-4-2-3-5-8(7)15-9/h2-6,10,15H,14H2,1H3. The van der Waals surface area contributed by atoms with E-state index in [9.17, 15) is 8.78 Å². The lowest BCUT2D eigenvalue weighted by atomic mass is 10.0. The van der Waals surface area contributed by atoms with Crippen molar-refractivity contribution in [1.82, 2.24) is 4.98 Å². The summed E-state index contributed by atoms with van der Waals surface area (Å²) in [5.74, 6) is 0. The van der Waals surface area contributed by atoms with Gasteiger partial charge in [-0.1, -0.05) is 18.2 Å². The van der Waals surface area contributed by atoms with Crippen LogP contribution in [-0.2, 0) is 5.54 Å². The number of aromatic nitrogens is 1. The number of hydrogen-bond acceptors (Lipinski definition) is 1. The first-order chi connectivity index (χ1) is 7.01. The molecule has 0 aliphatic rings. The number of rotatable bonds is 2. The molecule has 3 N–H and O–H groups in total. The molecule has 2 nitrogen and oxygen atoms in total. The summed E-state index contributed by atoms with van der Waals surface area (Å²) in [5.41, 5.74) is 5.12. The Hall–Kier alpha value is -1.42. The topological polar surface area (TPSA) is 41.8 Å². The number of halogens is 2. The molecule has 1 aromatic carbocycles. The van der Waals surface area contributed by atoms with Crippen molar-refractivity contribution >= 4 is 10.9 Å². The minimum absolute atomic E-state index is 0.360. The first kappa shape index (κ1) is 10.1. The largest absolute Gasteiger partial charge is 0.357 e. The lowest BCUT2D eigenvalue weighted by Gasteiger charge is -2.21. The first-order valence-electron chi connectivity index (χ1n) is 4.67. The Labute approximate surface area is 86.1 Å². The highest BCUT2D eigenvalue weighted by Gasteiger charge is 2.33. The van der Waals surface area contributed by atoms with Gasteiger partial charge in [0.05, 0.1) is 0 Å². The van der Waals surface area contributed by atoms with E-state index >= 15 is 0 Å². The van der Waals surface area contributed by atoms with Crippen LogP contribution in [0.2, 0.25) is 0 Å². The number of H-pyrrole nitrogens is 1. The molecule has 0 aliphatic heterocycles. The van der Waals surface area contributed by atoms with Gasteiger partial charge in [0.1, 0.15) is 5.54 Å². The van der Waals surface area contributed by atoms with Gasteiger partial charge < -0.3 is 10.7 Å². The van der Waals surface area contributed by atoms with Crippen molar-refractivity contribution in [2.45, 2.75) is 18.9 Å². The van der Waals surface area contributed by atoms with Gasteiger partial charge >= 0.3 is 0 Å². The normalized spacial score (nSPS) is 15.8. The van der Waals surface area contributed by atoms with Crippen LogP contribution in [0.25, 0.3) is 10.9 Å². The summed E-state index contributed by atoms with van der Waals surface area (Å²) in [5, 5.41) is 0.893. The molecule has 15 heavy (non-hydrogen) atoms. The van der Waals surface area contributed by atoms with Crippen LogP contribution in [0.4, 0.5) is 8.78 Å². The highest BCUT2D eigenvalue weighted by molar-refractivity contribution is 5.80. The van der Waals surface area contributed by atoms with Crippen molar-refractivity contribution < 1.29 is 8.78 Å². The van der Waals surface area contributed by atoms with Crippen LogP contribution < -0.4 is 5.73 Å². The van der Waals surface area contributed by atoms with Gasteiger partial charge in [-0.25, -0.2) is 8.78 Å². The summed E-state index contributed by atoms with van der Waals surface area (Å²) in [7, 11) is 0. The monoisotopic (exact) mass is 210 g/mol. The number of nitrogens with two attached hydrogens (primary N) is 1. The van der Waals surface area contributed by atoms with Crippen molar-refractivity contribution in [3.05, 3.63) is 36.0 Å². The number of hydrogen-bond donors (Lipinski definition) is 2. The van der Waals surface area contributed by atoms with Crippen LogP contribution in [0.15, 0.2) is 30.3 Å². The summed E-state index contributed by atoms with van der Waals surface area (Å²) >= 11 is 0. The van der Waals surface area contributed by atoms with Crippen LogP contribution in [0.1, 0.15) is 12.6 Å². The summed E-state index contributed by atoms with van der Waals surface area (Å²) in [6.45, 7) is 1.32. The van der Waals surface area contributed by atoms with Crippen molar-refractivity contribution in [3.63, 3.8) is 0 Å². The SMILES string of the molecule is CC(N)(c1cc2ccccc2[nH]1)C(F)F. The van der Waals surface area contributed by atoms with E-state index in [0.29, 0.717) is 5.69 Å². The van der Waals surface area contributed by atoms with E-state index in [0.717, 1.165) is 10.9 Å². The van der Waals surface area contributed by atoms with Crippen molar-refractivity contribution in [2.24, 2.45) is 5.73 Å². The third kappa shape index (κ3) is 1.61. The number of alkyl halides is 2. The number of benzene rings is 1. The Morgan fingerprint density at radius 1 is 1.33 bits per heavy atom. The molecule has 2 rings (SSSR count). The van der Waals surface area contributed by atoms with Crippen LogP contribution in [0.3, 0.4) is 0 Å². The maximum atomic E-state index is 12.7. The Balaban J connectivity index is 2.53. The van der Waals surface area contributed by atoms with E-state index in [-0.39, 0.29) is 0 Å². The van der Waals surface area contributed by atoms with Gasteiger partial charge in [0, 0.05) is 11.2 Å². The molecule has 0 fully saturated rings. The lowest BCUT2D eigenvalue weighted by Crippen LogP contribution is -2.40. The maximum Gasteiger partial charge on any atom is 0.261 e. The number of aromatic amines is 1. The second-order valence-electron chi connectivity index (χ2n) is 3.85. The van der Waals surface area contributed by atoms with Gasteiger partial charge in [-0.05, 0) is 24.4 Å². The maximum absolute atomic E-state index is 12.7. The molecule has 80 valence electrons. The molecule has 0 saturated carbocycles. The molecule has 1 atom stereocenters. The highest BCUT2D eigenvalue weighted by Crippen LogP contribution is 2.27. The molecule has 0 radical (unpaired) electrons. The lowest BCUT2D eigenvalue weighted by molar-refractivity contribution is 0.0606. The molecule has 1 heterocycles. The zero-order valence-corrected chi connectivity index (χ0v) is 8.30. The van der Waals surface area contributed by atoms with Crippen molar-refractivity contribution in [3.8, 4) is 0 Å². The van der Waals surface area contributed by atoms with Crippen molar-refractivity contribution in [1.29, 1.82) is 0 Å². The Morgan fingerprint density at radius 2 is 2.00 bits per heavy atom. The zero-order chi connectivity index (χ0) is 11.1. The average Bonchev–Trinajstić information content (AvgIpc) is 2.61. The zero-order valence-electron chi connectivity index (χ0n) is 8.30. The summed E-state index contributed by atoms with van der Waals surface area (Å²) in [4.78, 5) is 2.91. The smallest absolute Gasteiger partial charge is 0.261 e. The molecule has 1 unspecified atom stereocenters. The van der Waals surface area contributed by atoms with E-state index in [1.807, 2.05) is 24.3 Å². The van der Waals surface area contributed by atoms with E-state index in [2.05, 4.69) is 4.98 Å². The minimum atomic E-state index is -2.59. The van der Waals surface area contributed by atoms with Gasteiger partial charge in [-0.2, -0.15) is 0 Å². The van der Waals surface area contributed by atoms with E-state index in [4.69, 9.17) is 5.73 Å². The fourth-order valence-electron chi connectivity index (χ4n) is 1.48. The second-order valence-corrected chi connectivity index (χ2v) is 3.85. The fraction of sp³-hybridized carbons (Fsp3) is 0.273. The minimum Gasteiger partial charge on any atom is -0.357 e. The summed E-state index contributed by atoms with van der Waals surface area (Å²) in [6, 6.07) is 9.06. The number of fused-ring (bicyclic) bond motifs is 1. The molecule has 0 bridgehead atoms. The van der Waals surface area contributed by atoms with Gasteiger partial charge in [-0.15, -0.1) is 0 Å². The highest BCUT2D eigenvalue weighted by atomic mass is 19.3. The summed E-state index contributed by atoms with van der Waals surface area (Å²) < 4.78 is 25.4. The number of para-hydroxylation sites is 1. The fourth-order valence-corrected chi connectivity index (χ4v) is 1.48. The van der Waals surface area contributed by atoms with Gasteiger partial charge in [0.25, 0.3) is 6.43 Å². The van der Waals surface area contributed by atoms with Crippen LogP contribution >= 0.6 is 0 Å². The van der Waals surface area contributed by atoms with Gasteiger partial charge in [0.2, 0.25) is 0 Å². The molecule has 0 saturated heterocycles.